The zero-order valence-electron chi connectivity index (χ0n) is 11.4. The molecule has 102 valence electrons. The highest BCUT2D eigenvalue weighted by atomic mass is 16.3. The monoisotopic (exact) mass is 267 g/mol. The molecule has 0 aromatic heterocycles. The number of benzene rings is 2. The number of phenolic OH excluding ortho intramolecular Hbond substituents is 2. The molecule has 1 atom stereocenters. The van der Waals surface area contributed by atoms with Gasteiger partial charge in [0.2, 0.25) is 0 Å². The van der Waals surface area contributed by atoms with Gasteiger partial charge in [-0.2, -0.15) is 0 Å². The number of hydrogen-bond acceptors (Lipinski definition) is 3. The highest BCUT2D eigenvalue weighted by Gasteiger charge is 2.33. The molecule has 2 aliphatic rings. The molecule has 0 spiro atoms. The van der Waals surface area contributed by atoms with Crippen molar-refractivity contribution < 1.29 is 10.2 Å². The summed E-state index contributed by atoms with van der Waals surface area (Å²) in [6.45, 7) is 1.94. The van der Waals surface area contributed by atoms with Gasteiger partial charge in [-0.3, -0.25) is 0 Å². The van der Waals surface area contributed by atoms with E-state index in [0.717, 1.165) is 24.2 Å². The van der Waals surface area contributed by atoms with Gasteiger partial charge in [0.25, 0.3) is 0 Å². The lowest BCUT2D eigenvalue weighted by Crippen LogP contribution is -2.33. The predicted octanol–water partition coefficient (Wildman–Crippen LogP) is 2.58. The third kappa shape index (κ3) is 1.50. The highest BCUT2D eigenvalue weighted by molar-refractivity contribution is 5.60. The first kappa shape index (κ1) is 11.8. The van der Waals surface area contributed by atoms with Crippen LogP contribution in [0.5, 0.6) is 11.5 Å². The van der Waals surface area contributed by atoms with Gasteiger partial charge in [0.1, 0.15) is 0 Å². The molecule has 0 radical (unpaired) electrons. The molecule has 4 rings (SSSR count). The quantitative estimate of drug-likeness (QED) is 0.721. The van der Waals surface area contributed by atoms with E-state index < -0.39 is 0 Å². The fourth-order valence-corrected chi connectivity index (χ4v) is 3.76. The van der Waals surface area contributed by atoms with Crippen LogP contribution in [0.4, 0.5) is 0 Å². The first-order valence-corrected chi connectivity index (χ1v) is 6.98. The molecule has 1 aliphatic carbocycles. The summed E-state index contributed by atoms with van der Waals surface area (Å²) in [5.41, 5.74) is 6.15. The minimum atomic E-state index is -0.0208. The van der Waals surface area contributed by atoms with Crippen LogP contribution >= 0.6 is 0 Å². The Bertz CT molecular complexity index is 708. The van der Waals surface area contributed by atoms with Crippen molar-refractivity contribution in [2.24, 2.45) is 0 Å². The number of nitrogens with zero attached hydrogens (tertiary/aromatic N) is 1. The Balaban J connectivity index is 1.98. The lowest BCUT2D eigenvalue weighted by atomic mass is 9.74. The Morgan fingerprint density at radius 2 is 1.90 bits per heavy atom. The van der Waals surface area contributed by atoms with Crippen molar-refractivity contribution in [1.29, 1.82) is 0 Å². The smallest absolute Gasteiger partial charge is 0.161 e. The van der Waals surface area contributed by atoms with E-state index in [9.17, 15) is 10.2 Å². The summed E-state index contributed by atoms with van der Waals surface area (Å²) in [7, 11) is 2.13. The van der Waals surface area contributed by atoms with Gasteiger partial charge < -0.3 is 15.1 Å². The molecule has 2 aromatic carbocycles. The van der Waals surface area contributed by atoms with Crippen LogP contribution in [0, 0.1) is 0 Å². The van der Waals surface area contributed by atoms with E-state index >= 15 is 0 Å². The van der Waals surface area contributed by atoms with Crippen LogP contribution < -0.4 is 0 Å². The van der Waals surface area contributed by atoms with E-state index in [1.807, 2.05) is 6.07 Å². The number of hydrogen-bond donors (Lipinski definition) is 2. The summed E-state index contributed by atoms with van der Waals surface area (Å²) in [6.07, 6.45) is 0.707. The predicted molar refractivity (Wildman–Crippen MR) is 77.2 cm³/mol. The van der Waals surface area contributed by atoms with Gasteiger partial charge in [-0.25, -0.2) is 0 Å². The van der Waals surface area contributed by atoms with Crippen LogP contribution in [0.1, 0.15) is 33.7 Å². The maximum Gasteiger partial charge on any atom is 0.161 e. The number of aromatic hydroxyl groups is 2. The largest absolute Gasteiger partial charge is 0.504 e. The third-order valence-corrected chi connectivity index (χ3v) is 4.61. The molecule has 1 heterocycles. The van der Waals surface area contributed by atoms with Crippen LogP contribution in [0.2, 0.25) is 0 Å². The second-order valence-corrected chi connectivity index (χ2v) is 5.92. The van der Waals surface area contributed by atoms with Gasteiger partial charge in [-0.15, -0.1) is 0 Å². The average molecular weight is 267 g/mol. The maximum atomic E-state index is 10.2. The Labute approximate surface area is 118 Å². The molecule has 0 saturated heterocycles. The second-order valence-electron chi connectivity index (χ2n) is 5.92. The average Bonchev–Trinajstić information content (AvgIpc) is 2.43. The number of phenols is 2. The van der Waals surface area contributed by atoms with Crippen molar-refractivity contribution in [3.63, 3.8) is 0 Å². The molecule has 2 N–H and O–H groups in total. The summed E-state index contributed by atoms with van der Waals surface area (Å²) in [6, 6.07) is 10.0. The van der Waals surface area contributed by atoms with Crippen molar-refractivity contribution in [3.05, 3.63) is 58.1 Å². The molecule has 1 aliphatic heterocycles. The fraction of sp³-hybridized carbons (Fsp3) is 0.294. The molecule has 0 saturated carbocycles. The van der Waals surface area contributed by atoms with Crippen LogP contribution in [-0.4, -0.2) is 28.7 Å². The van der Waals surface area contributed by atoms with Crippen molar-refractivity contribution in [2.45, 2.75) is 18.9 Å². The molecule has 3 nitrogen and oxygen atoms in total. The molecule has 0 bridgehead atoms. The van der Waals surface area contributed by atoms with E-state index in [0.29, 0.717) is 12.3 Å². The zero-order valence-corrected chi connectivity index (χ0v) is 11.4. The van der Waals surface area contributed by atoms with Crippen LogP contribution in [0.25, 0.3) is 0 Å². The molecule has 20 heavy (non-hydrogen) atoms. The van der Waals surface area contributed by atoms with Gasteiger partial charge in [0, 0.05) is 31.0 Å². The normalized spacial score (nSPS) is 20.4. The number of fused-ring (bicyclic) bond motifs is 2. The minimum Gasteiger partial charge on any atom is -0.504 e. The van der Waals surface area contributed by atoms with Crippen molar-refractivity contribution >= 4 is 0 Å². The fourth-order valence-electron chi connectivity index (χ4n) is 3.76. The molecule has 3 heteroatoms. The minimum absolute atomic E-state index is 0.0208. The maximum absolute atomic E-state index is 10.2. The van der Waals surface area contributed by atoms with Gasteiger partial charge in [-0.1, -0.05) is 24.3 Å². The summed E-state index contributed by atoms with van der Waals surface area (Å²) in [5.74, 6) is 0.328. The first-order valence-electron chi connectivity index (χ1n) is 6.98. The summed E-state index contributed by atoms with van der Waals surface area (Å²) in [4.78, 5) is 2.32. The van der Waals surface area contributed by atoms with Crippen molar-refractivity contribution in [1.82, 2.24) is 4.90 Å². The molecule has 2 aromatic rings. The third-order valence-electron chi connectivity index (χ3n) is 4.61. The first-order chi connectivity index (χ1) is 9.65. The van der Waals surface area contributed by atoms with E-state index in [1.54, 1.807) is 6.07 Å². The van der Waals surface area contributed by atoms with E-state index in [1.165, 1.54) is 16.7 Å². The summed E-state index contributed by atoms with van der Waals surface area (Å²) < 4.78 is 0. The molecular formula is C17H17NO2. The molecule has 0 fully saturated rings. The zero-order chi connectivity index (χ0) is 13.9. The van der Waals surface area contributed by atoms with Gasteiger partial charge in [0.05, 0.1) is 0 Å². The van der Waals surface area contributed by atoms with Crippen LogP contribution in [0.15, 0.2) is 30.3 Å². The topological polar surface area (TPSA) is 43.7 Å². The van der Waals surface area contributed by atoms with Gasteiger partial charge in [-0.05, 0) is 35.4 Å². The number of rotatable bonds is 0. The Morgan fingerprint density at radius 3 is 2.75 bits per heavy atom. The van der Waals surface area contributed by atoms with Gasteiger partial charge in [0.15, 0.2) is 11.5 Å². The van der Waals surface area contributed by atoms with Crippen LogP contribution in [0.3, 0.4) is 0 Å². The Morgan fingerprint density at radius 1 is 1.10 bits per heavy atom. The SMILES string of the molecule is CN1Cc2cccc3c2C(C1)c1ccc(O)c(O)c1C3. The lowest BCUT2D eigenvalue weighted by Gasteiger charge is -2.38. The molecule has 1 unspecified atom stereocenters. The van der Waals surface area contributed by atoms with Gasteiger partial charge >= 0.3 is 0 Å². The molecular weight excluding hydrogens is 250 g/mol. The van der Waals surface area contributed by atoms with E-state index in [-0.39, 0.29) is 11.5 Å². The number of likely N-dealkylation sites (N-methyl/N-ethyl adjacent to an activating group) is 1. The summed E-state index contributed by atoms with van der Waals surface area (Å²) >= 11 is 0. The second kappa shape index (κ2) is 4.00. The van der Waals surface area contributed by atoms with Crippen molar-refractivity contribution in [2.75, 3.05) is 13.6 Å². The van der Waals surface area contributed by atoms with E-state index in [4.69, 9.17) is 0 Å². The summed E-state index contributed by atoms with van der Waals surface area (Å²) in [5, 5.41) is 19.9. The Hall–Kier alpha value is -2.00. The van der Waals surface area contributed by atoms with Crippen molar-refractivity contribution in [3.8, 4) is 11.5 Å². The van der Waals surface area contributed by atoms with E-state index in [2.05, 4.69) is 30.1 Å². The lowest BCUT2D eigenvalue weighted by molar-refractivity contribution is 0.291. The highest BCUT2D eigenvalue weighted by Crippen LogP contribution is 2.46. The standard InChI is InChI=1S/C17H17NO2/c1-18-8-11-4-2-3-10-7-13-12(14(9-18)16(10)11)5-6-15(19)17(13)20/h2-6,14,19-20H,7-9H2,1H3. The molecule has 0 amide bonds. The Kier molecular flexibility index (Phi) is 2.36. The van der Waals surface area contributed by atoms with Crippen LogP contribution in [-0.2, 0) is 13.0 Å².